The Hall–Kier alpha value is -2.02. The summed E-state index contributed by atoms with van der Waals surface area (Å²) in [6, 6.07) is 9.99. The van der Waals surface area contributed by atoms with E-state index in [0.29, 0.717) is 16.1 Å². The van der Waals surface area contributed by atoms with Crippen LogP contribution < -0.4 is 5.73 Å². The van der Waals surface area contributed by atoms with Crippen LogP contribution in [0.2, 0.25) is 0 Å². The number of nitrogens with two attached hydrogens (primary N) is 1. The molecule has 0 radical (unpaired) electrons. The van der Waals surface area contributed by atoms with Gasteiger partial charge in [0.2, 0.25) is 0 Å². The molecule has 0 bridgehead atoms. The van der Waals surface area contributed by atoms with E-state index >= 15 is 0 Å². The lowest BCUT2D eigenvalue weighted by molar-refractivity contribution is -0.105. The lowest BCUT2D eigenvalue weighted by Gasteiger charge is -2.06. The fraction of sp³-hybridized carbons (Fsp3) is 0.143. The Bertz CT molecular complexity index is 627. The molecule has 0 spiro atoms. The van der Waals surface area contributed by atoms with Gasteiger partial charge < -0.3 is 5.73 Å². The second kappa shape index (κ2) is 6.62. The van der Waals surface area contributed by atoms with E-state index in [4.69, 9.17) is 5.73 Å². The van der Waals surface area contributed by atoms with Crippen LogP contribution in [-0.2, 0) is 0 Å². The molecule has 0 aliphatic heterocycles. The van der Waals surface area contributed by atoms with Crippen molar-refractivity contribution in [2.24, 2.45) is 10.7 Å². The minimum Gasteiger partial charge on any atom is -0.383 e. The van der Waals surface area contributed by atoms with Crippen LogP contribution in [0, 0.1) is 0 Å². The molecule has 2 N–H and O–H groups in total. The standard InChI is InChI=1S/C14H12F3N3S/c15-14(16,17)9-21-12-5-1-4-11(7-12)20-13(18)10-3-2-6-19-8-10/h1-8H,9H2,(H2,18,20). The molecule has 0 fully saturated rings. The number of thioether (sulfide) groups is 1. The maximum atomic E-state index is 12.2. The number of aliphatic imine (C=N–C) groups is 1. The van der Waals surface area contributed by atoms with Gasteiger partial charge in [-0.15, -0.1) is 11.8 Å². The topological polar surface area (TPSA) is 51.3 Å². The number of hydrogen-bond donors (Lipinski definition) is 1. The van der Waals surface area contributed by atoms with Gasteiger partial charge in [-0.25, -0.2) is 4.99 Å². The van der Waals surface area contributed by atoms with Gasteiger partial charge in [0.25, 0.3) is 0 Å². The molecule has 0 aliphatic rings. The third-order valence-electron chi connectivity index (χ3n) is 2.43. The lowest BCUT2D eigenvalue weighted by atomic mass is 10.2. The quantitative estimate of drug-likeness (QED) is 0.531. The third kappa shape index (κ3) is 5.11. The molecule has 0 saturated heterocycles. The largest absolute Gasteiger partial charge is 0.398 e. The normalized spacial score (nSPS) is 12.4. The lowest BCUT2D eigenvalue weighted by Crippen LogP contribution is -2.12. The van der Waals surface area contributed by atoms with Crippen molar-refractivity contribution in [3.63, 3.8) is 0 Å². The third-order valence-corrected chi connectivity index (χ3v) is 3.49. The molecule has 0 amide bonds. The highest BCUT2D eigenvalue weighted by molar-refractivity contribution is 7.99. The van der Waals surface area contributed by atoms with Gasteiger partial charge in [0.1, 0.15) is 5.84 Å². The zero-order valence-corrected chi connectivity index (χ0v) is 11.7. The van der Waals surface area contributed by atoms with Gasteiger partial charge in [-0.05, 0) is 30.3 Å². The summed E-state index contributed by atoms with van der Waals surface area (Å²) < 4.78 is 36.6. The smallest absolute Gasteiger partial charge is 0.383 e. The fourth-order valence-electron chi connectivity index (χ4n) is 1.53. The maximum Gasteiger partial charge on any atom is 0.398 e. The first-order chi connectivity index (χ1) is 9.94. The number of nitrogens with zero attached hydrogens (tertiary/aromatic N) is 2. The highest BCUT2D eigenvalue weighted by atomic mass is 32.2. The monoisotopic (exact) mass is 311 g/mol. The summed E-state index contributed by atoms with van der Waals surface area (Å²) in [4.78, 5) is 8.62. The summed E-state index contributed by atoms with van der Waals surface area (Å²) in [6.07, 6.45) is -1.01. The Morgan fingerprint density at radius 2 is 2.05 bits per heavy atom. The van der Waals surface area contributed by atoms with Gasteiger partial charge in [0.15, 0.2) is 0 Å². The molecule has 1 aromatic heterocycles. The van der Waals surface area contributed by atoms with Gasteiger partial charge in [-0.3, -0.25) is 4.98 Å². The van der Waals surface area contributed by atoms with Gasteiger partial charge in [0.05, 0.1) is 11.4 Å². The van der Waals surface area contributed by atoms with Crippen LogP contribution in [0.15, 0.2) is 58.7 Å². The molecule has 7 heteroatoms. The van der Waals surface area contributed by atoms with Crippen molar-refractivity contribution in [2.45, 2.75) is 11.1 Å². The van der Waals surface area contributed by atoms with Gasteiger partial charge in [0, 0.05) is 22.9 Å². The first kappa shape index (κ1) is 15.4. The Morgan fingerprint density at radius 1 is 1.24 bits per heavy atom. The van der Waals surface area contributed by atoms with E-state index in [-0.39, 0.29) is 5.84 Å². The predicted molar refractivity (Wildman–Crippen MR) is 77.8 cm³/mol. The Labute approximate surface area is 124 Å². The van der Waals surface area contributed by atoms with E-state index in [9.17, 15) is 13.2 Å². The van der Waals surface area contributed by atoms with E-state index < -0.39 is 11.9 Å². The van der Waals surface area contributed by atoms with Gasteiger partial charge >= 0.3 is 6.18 Å². The molecule has 110 valence electrons. The zero-order chi connectivity index (χ0) is 15.3. The average molecular weight is 311 g/mol. The molecule has 2 rings (SSSR count). The number of rotatable bonds is 4. The number of hydrogen-bond acceptors (Lipinski definition) is 3. The van der Waals surface area contributed by atoms with Crippen LogP contribution in [0.25, 0.3) is 0 Å². The van der Waals surface area contributed by atoms with Crippen molar-refractivity contribution in [3.05, 3.63) is 54.4 Å². The molecule has 21 heavy (non-hydrogen) atoms. The minimum atomic E-state index is -4.20. The molecule has 2 aromatic rings. The van der Waals surface area contributed by atoms with Gasteiger partial charge in [-0.1, -0.05) is 6.07 Å². The first-order valence-corrected chi connectivity index (χ1v) is 6.97. The van der Waals surface area contributed by atoms with Crippen molar-refractivity contribution >= 4 is 23.3 Å². The predicted octanol–water partition coefficient (Wildman–Crippen LogP) is 3.77. The van der Waals surface area contributed by atoms with Crippen molar-refractivity contribution in [3.8, 4) is 0 Å². The number of halogens is 3. The molecular formula is C14H12F3N3S. The molecule has 3 nitrogen and oxygen atoms in total. The highest BCUT2D eigenvalue weighted by Gasteiger charge is 2.27. The Morgan fingerprint density at radius 3 is 2.71 bits per heavy atom. The average Bonchev–Trinajstić information content (AvgIpc) is 2.46. The second-order valence-corrected chi connectivity index (χ2v) is 5.19. The van der Waals surface area contributed by atoms with Crippen molar-refractivity contribution < 1.29 is 13.2 Å². The van der Waals surface area contributed by atoms with Crippen LogP contribution in [-0.4, -0.2) is 22.7 Å². The summed E-state index contributed by atoms with van der Waals surface area (Å²) in [7, 11) is 0. The van der Waals surface area contributed by atoms with Crippen molar-refractivity contribution in [2.75, 3.05) is 5.75 Å². The molecule has 0 atom stereocenters. The van der Waals surface area contributed by atoms with Crippen molar-refractivity contribution in [1.82, 2.24) is 4.98 Å². The van der Waals surface area contributed by atoms with E-state index in [1.165, 1.54) is 0 Å². The number of benzene rings is 1. The van der Waals surface area contributed by atoms with E-state index in [1.807, 2.05) is 0 Å². The molecule has 1 heterocycles. The molecule has 0 saturated carbocycles. The maximum absolute atomic E-state index is 12.2. The summed E-state index contributed by atoms with van der Waals surface area (Å²) >= 11 is 0.717. The number of amidine groups is 1. The van der Waals surface area contributed by atoms with Crippen LogP contribution in [0.1, 0.15) is 5.56 Å². The Balaban J connectivity index is 2.14. The summed E-state index contributed by atoms with van der Waals surface area (Å²) in [5.41, 5.74) is 7.00. The Kier molecular flexibility index (Phi) is 4.85. The number of aromatic nitrogens is 1. The summed E-state index contributed by atoms with van der Waals surface area (Å²) in [6.45, 7) is 0. The molecule has 0 aliphatic carbocycles. The van der Waals surface area contributed by atoms with E-state index in [0.717, 1.165) is 11.8 Å². The van der Waals surface area contributed by atoms with E-state index in [2.05, 4.69) is 9.98 Å². The van der Waals surface area contributed by atoms with Crippen LogP contribution in [0.3, 0.4) is 0 Å². The molecule has 1 aromatic carbocycles. The van der Waals surface area contributed by atoms with Crippen molar-refractivity contribution in [1.29, 1.82) is 0 Å². The molecular weight excluding hydrogens is 299 g/mol. The van der Waals surface area contributed by atoms with Crippen LogP contribution in [0.4, 0.5) is 18.9 Å². The summed E-state index contributed by atoms with van der Waals surface area (Å²) in [5, 5.41) is 0. The highest BCUT2D eigenvalue weighted by Crippen LogP contribution is 2.29. The fourth-order valence-corrected chi connectivity index (χ4v) is 2.24. The number of pyridine rings is 1. The summed E-state index contributed by atoms with van der Waals surface area (Å²) in [5.74, 6) is -0.667. The van der Waals surface area contributed by atoms with Gasteiger partial charge in [-0.2, -0.15) is 13.2 Å². The zero-order valence-electron chi connectivity index (χ0n) is 10.8. The van der Waals surface area contributed by atoms with Crippen LogP contribution in [0.5, 0.6) is 0 Å². The number of alkyl halides is 3. The second-order valence-electron chi connectivity index (χ2n) is 4.14. The van der Waals surface area contributed by atoms with Crippen LogP contribution >= 0.6 is 11.8 Å². The van der Waals surface area contributed by atoms with E-state index in [1.54, 1.807) is 48.8 Å². The molecule has 0 unspecified atom stereocenters. The SMILES string of the molecule is NC(=Nc1cccc(SCC(F)(F)F)c1)c1cccnc1. The first-order valence-electron chi connectivity index (χ1n) is 5.98. The minimum absolute atomic E-state index is 0.265.